The van der Waals surface area contributed by atoms with Gasteiger partial charge in [0, 0.05) is 48.6 Å². The first-order valence-electron chi connectivity index (χ1n) is 13.0. The number of allylic oxidation sites excluding steroid dienone is 4. The van der Waals surface area contributed by atoms with Gasteiger partial charge in [-0.2, -0.15) is 0 Å². The van der Waals surface area contributed by atoms with Crippen LogP contribution in [0, 0.1) is 0 Å². The predicted molar refractivity (Wildman–Crippen MR) is 146 cm³/mol. The van der Waals surface area contributed by atoms with E-state index in [0.29, 0.717) is 61.5 Å². The van der Waals surface area contributed by atoms with E-state index in [1.165, 1.54) is 0 Å². The Bertz CT molecular complexity index is 1240. The molecule has 0 radical (unpaired) electrons. The summed E-state index contributed by atoms with van der Waals surface area (Å²) in [7, 11) is 1.58. The molecule has 0 bridgehead atoms. The van der Waals surface area contributed by atoms with E-state index in [4.69, 9.17) is 20.2 Å². The molecule has 3 aliphatic rings. The molecule has 2 N–H and O–H groups in total. The highest BCUT2D eigenvalue weighted by atomic mass is 16.5. The molecule has 0 saturated carbocycles. The summed E-state index contributed by atoms with van der Waals surface area (Å²) in [5.41, 5.74) is 8.77. The standard InChI is InChI=1S/C29H34N4O5/c1-3-38-29(36)26(30)24-10-7-19-33(22-15-13-21(14-16-22)32-18-5-4-11-25(32)34)28(35)27(24)31-20-8-6-9-23(37-2)17-12-20/h6,9,12-17H,3-5,7-8,10-11,18-19,30H2,1-2H3. The first kappa shape index (κ1) is 26.9. The minimum Gasteiger partial charge on any atom is -0.497 e. The Morgan fingerprint density at radius 1 is 1.00 bits per heavy atom. The van der Waals surface area contributed by atoms with E-state index >= 15 is 0 Å². The van der Waals surface area contributed by atoms with Crippen molar-refractivity contribution in [3.05, 3.63) is 71.3 Å². The van der Waals surface area contributed by atoms with Gasteiger partial charge in [-0.15, -0.1) is 0 Å². The quantitative estimate of drug-likeness (QED) is 0.451. The third-order valence-electron chi connectivity index (χ3n) is 6.70. The molecule has 0 spiro atoms. The topological polar surface area (TPSA) is 115 Å². The summed E-state index contributed by atoms with van der Waals surface area (Å²) >= 11 is 0. The van der Waals surface area contributed by atoms with Gasteiger partial charge >= 0.3 is 5.97 Å². The maximum Gasteiger partial charge on any atom is 0.354 e. The second-order valence-corrected chi connectivity index (χ2v) is 9.19. The van der Waals surface area contributed by atoms with Gasteiger partial charge in [0.25, 0.3) is 5.91 Å². The minimum absolute atomic E-state index is 0.0994. The summed E-state index contributed by atoms with van der Waals surface area (Å²) in [5, 5.41) is 0. The molecule has 1 aromatic carbocycles. The van der Waals surface area contributed by atoms with Crippen molar-refractivity contribution in [2.45, 2.75) is 45.4 Å². The fourth-order valence-electron chi connectivity index (χ4n) is 4.70. The summed E-state index contributed by atoms with van der Waals surface area (Å²) in [6, 6.07) is 7.43. The number of ether oxygens (including phenoxy) is 2. The summed E-state index contributed by atoms with van der Waals surface area (Å²) < 4.78 is 10.4. The molecule has 200 valence electrons. The molecular weight excluding hydrogens is 484 g/mol. The average molecular weight is 519 g/mol. The number of benzene rings is 1. The molecule has 9 heteroatoms. The highest BCUT2D eigenvalue weighted by Gasteiger charge is 2.31. The molecule has 2 heterocycles. The summed E-state index contributed by atoms with van der Waals surface area (Å²) in [4.78, 5) is 47.0. The number of methoxy groups -OCH3 is 1. The van der Waals surface area contributed by atoms with Crippen LogP contribution in [-0.4, -0.2) is 50.3 Å². The zero-order valence-corrected chi connectivity index (χ0v) is 21.9. The number of carbonyl (C=O) groups is 3. The van der Waals surface area contributed by atoms with Gasteiger partial charge < -0.3 is 25.0 Å². The number of carbonyl (C=O) groups excluding carboxylic acids is 3. The van der Waals surface area contributed by atoms with Gasteiger partial charge in [-0.1, -0.05) is 6.08 Å². The van der Waals surface area contributed by atoms with Gasteiger partial charge in [-0.05, 0) is 75.1 Å². The van der Waals surface area contributed by atoms with Crippen LogP contribution in [0.15, 0.2) is 76.3 Å². The van der Waals surface area contributed by atoms with E-state index in [0.717, 1.165) is 18.5 Å². The number of piperidine rings is 1. The maximum absolute atomic E-state index is 14.0. The zero-order valence-electron chi connectivity index (χ0n) is 21.9. The van der Waals surface area contributed by atoms with Crippen molar-refractivity contribution in [1.29, 1.82) is 0 Å². The number of esters is 1. The van der Waals surface area contributed by atoms with Gasteiger partial charge in [0.2, 0.25) is 5.91 Å². The van der Waals surface area contributed by atoms with Crippen molar-refractivity contribution in [2.24, 2.45) is 10.7 Å². The lowest BCUT2D eigenvalue weighted by molar-refractivity contribution is -0.138. The van der Waals surface area contributed by atoms with Crippen LogP contribution < -0.4 is 15.5 Å². The fourth-order valence-corrected chi connectivity index (χ4v) is 4.70. The first-order valence-corrected chi connectivity index (χ1v) is 13.0. The number of nitrogens with zero attached hydrogens (tertiary/aromatic N) is 3. The van der Waals surface area contributed by atoms with Crippen molar-refractivity contribution in [1.82, 2.24) is 0 Å². The normalized spacial score (nSPS) is 20.9. The first-order chi connectivity index (χ1) is 18.4. The molecule has 0 unspecified atom stereocenters. The van der Waals surface area contributed by atoms with Crippen LogP contribution in [-0.2, 0) is 23.9 Å². The molecular formula is C29H34N4O5. The van der Waals surface area contributed by atoms with E-state index in [1.54, 1.807) is 36.0 Å². The summed E-state index contributed by atoms with van der Waals surface area (Å²) in [5.74, 6) is -0.229. The highest BCUT2D eigenvalue weighted by Crippen LogP contribution is 2.28. The number of rotatable bonds is 6. The van der Waals surface area contributed by atoms with Crippen LogP contribution >= 0.6 is 0 Å². The number of hydrogen-bond donors (Lipinski definition) is 1. The Labute approximate surface area is 223 Å². The molecule has 1 aliphatic carbocycles. The van der Waals surface area contributed by atoms with E-state index < -0.39 is 5.97 Å². The van der Waals surface area contributed by atoms with Crippen LogP contribution in [0.1, 0.15) is 45.4 Å². The second-order valence-electron chi connectivity index (χ2n) is 9.19. The largest absolute Gasteiger partial charge is 0.497 e. The Kier molecular flexibility index (Phi) is 8.78. The van der Waals surface area contributed by atoms with Crippen molar-refractivity contribution >= 4 is 34.9 Å². The predicted octanol–water partition coefficient (Wildman–Crippen LogP) is 3.92. The van der Waals surface area contributed by atoms with E-state index in [1.807, 2.05) is 36.4 Å². The van der Waals surface area contributed by atoms with E-state index in [-0.39, 0.29) is 29.8 Å². The third kappa shape index (κ3) is 6.04. The van der Waals surface area contributed by atoms with Crippen LogP contribution in [0.4, 0.5) is 11.4 Å². The zero-order chi connectivity index (χ0) is 27.1. The van der Waals surface area contributed by atoms with Crippen LogP contribution in [0.2, 0.25) is 0 Å². The van der Waals surface area contributed by atoms with Gasteiger partial charge in [0.05, 0.1) is 13.7 Å². The van der Waals surface area contributed by atoms with Crippen molar-refractivity contribution in [3.63, 3.8) is 0 Å². The Morgan fingerprint density at radius 3 is 2.39 bits per heavy atom. The molecule has 2 fully saturated rings. The number of nitrogens with two attached hydrogens (primary N) is 1. The Hall–Kier alpha value is -4.14. The van der Waals surface area contributed by atoms with Crippen LogP contribution in [0.5, 0.6) is 0 Å². The smallest absolute Gasteiger partial charge is 0.354 e. The maximum atomic E-state index is 14.0. The number of anilines is 2. The lowest BCUT2D eigenvalue weighted by atomic mass is 10.0. The number of aliphatic imine (C=N–C) groups is 1. The Balaban J connectivity index is 1.71. The molecule has 1 aromatic rings. The fraction of sp³-hybridized carbons (Fsp3) is 0.379. The molecule has 2 saturated heterocycles. The van der Waals surface area contributed by atoms with E-state index in [2.05, 4.69) is 0 Å². The van der Waals surface area contributed by atoms with Gasteiger partial charge in [-0.25, -0.2) is 9.79 Å². The third-order valence-corrected chi connectivity index (χ3v) is 6.70. The van der Waals surface area contributed by atoms with Crippen LogP contribution in [0.25, 0.3) is 0 Å². The van der Waals surface area contributed by atoms with Crippen molar-refractivity contribution < 1.29 is 23.9 Å². The van der Waals surface area contributed by atoms with Crippen molar-refractivity contribution in [3.8, 4) is 0 Å². The van der Waals surface area contributed by atoms with Gasteiger partial charge in [0.15, 0.2) is 0 Å². The van der Waals surface area contributed by atoms with Crippen molar-refractivity contribution in [2.75, 3.05) is 36.6 Å². The molecule has 9 nitrogen and oxygen atoms in total. The number of hydrogen-bond acceptors (Lipinski definition) is 7. The van der Waals surface area contributed by atoms with Gasteiger partial charge in [0.1, 0.15) is 17.2 Å². The molecule has 38 heavy (non-hydrogen) atoms. The molecule has 2 amide bonds. The lowest BCUT2D eigenvalue weighted by Crippen LogP contribution is -2.37. The van der Waals surface area contributed by atoms with Gasteiger partial charge in [-0.3, -0.25) is 9.59 Å². The highest BCUT2D eigenvalue weighted by molar-refractivity contribution is 6.50. The summed E-state index contributed by atoms with van der Waals surface area (Å²) in [6.45, 7) is 2.99. The van der Waals surface area contributed by atoms with E-state index in [9.17, 15) is 14.4 Å². The molecule has 2 aliphatic heterocycles. The SMILES string of the molecule is CCOC(=O)C(N)=C1CCCN(c2ccc(N3CCCCC3=O)cc2)C(=O)C1=NC1=CC=C(OC)C=CC1. The summed E-state index contributed by atoms with van der Waals surface area (Å²) in [6.07, 6.45) is 11.2. The second kappa shape index (κ2) is 12.4. The number of amides is 2. The molecule has 0 aromatic heterocycles. The Morgan fingerprint density at radius 2 is 1.71 bits per heavy atom. The van der Waals surface area contributed by atoms with Crippen LogP contribution in [0.3, 0.4) is 0 Å². The monoisotopic (exact) mass is 518 g/mol. The molecule has 0 atom stereocenters. The minimum atomic E-state index is -0.664. The molecule has 4 rings (SSSR count). The average Bonchev–Trinajstić information content (AvgIpc) is 3.25. The lowest BCUT2D eigenvalue weighted by Gasteiger charge is -2.27.